The zero-order valence-electron chi connectivity index (χ0n) is 14.2. The Morgan fingerprint density at radius 1 is 1.11 bits per heavy atom. The second-order valence-electron chi connectivity index (χ2n) is 5.87. The number of carbonyl (C=O) groups is 1. The van der Waals surface area contributed by atoms with E-state index in [4.69, 9.17) is 0 Å². The van der Waals surface area contributed by atoms with Gasteiger partial charge in [-0.25, -0.2) is 9.07 Å². The first-order chi connectivity index (χ1) is 13.2. The molecule has 0 bridgehead atoms. The minimum atomic E-state index is -0.346. The molecule has 27 heavy (non-hydrogen) atoms. The molecule has 0 saturated heterocycles. The molecule has 2 aromatic heterocycles. The van der Waals surface area contributed by atoms with Crippen LogP contribution in [0.2, 0.25) is 0 Å². The Morgan fingerprint density at radius 3 is 2.63 bits per heavy atom. The van der Waals surface area contributed by atoms with Gasteiger partial charge in [0.05, 0.1) is 6.21 Å². The zero-order chi connectivity index (χ0) is 18.6. The highest BCUT2D eigenvalue weighted by Crippen LogP contribution is 2.20. The van der Waals surface area contributed by atoms with Crippen LogP contribution in [0, 0.1) is 5.82 Å². The molecular formula is C19H15FN6O. The molecular weight excluding hydrogens is 347 g/mol. The molecule has 4 aromatic rings. The van der Waals surface area contributed by atoms with Crippen LogP contribution in [0.25, 0.3) is 10.9 Å². The number of halogens is 1. The Labute approximate surface area is 153 Å². The Morgan fingerprint density at radius 2 is 1.85 bits per heavy atom. The molecule has 8 heteroatoms. The van der Waals surface area contributed by atoms with Crippen molar-refractivity contribution < 1.29 is 9.18 Å². The minimum absolute atomic E-state index is 0.123. The van der Waals surface area contributed by atoms with Crippen molar-refractivity contribution >= 4 is 28.7 Å². The van der Waals surface area contributed by atoms with E-state index in [1.165, 1.54) is 41.6 Å². The molecule has 7 nitrogen and oxygen atoms in total. The maximum atomic E-state index is 13.0. The van der Waals surface area contributed by atoms with Crippen LogP contribution in [0.15, 0.2) is 72.5 Å². The summed E-state index contributed by atoms with van der Waals surface area (Å²) < 4.78 is 16.3. The summed E-state index contributed by atoms with van der Waals surface area (Å²) in [6.07, 6.45) is 6.54. The van der Waals surface area contributed by atoms with Gasteiger partial charge in [-0.2, -0.15) is 5.10 Å². The van der Waals surface area contributed by atoms with Gasteiger partial charge in [0.25, 0.3) is 0 Å². The summed E-state index contributed by atoms with van der Waals surface area (Å²) in [5.41, 5.74) is 2.33. The summed E-state index contributed by atoms with van der Waals surface area (Å²) in [5.74, 6) is -0.550. The first-order valence-corrected chi connectivity index (χ1v) is 8.21. The molecule has 0 aliphatic heterocycles. The number of hydrogen-bond acceptors (Lipinski definition) is 4. The monoisotopic (exact) mass is 362 g/mol. The molecule has 1 N–H and O–H groups in total. The van der Waals surface area contributed by atoms with E-state index in [1.54, 1.807) is 6.21 Å². The fourth-order valence-corrected chi connectivity index (χ4v) is 2.78. The first-order valence-electron chi connectivity index (χ1n) is 8.21. The molecule has 2 heterocycles. The molecule has 0 radical (unpaired) electrons. The highest BCUT2D eigenvalue weighted by atomic mass is 19.1. The molecule has 2 aromatic carbocycles. The normalized spacial score (nSPS) is 11.3. The number of fused-ring (bicyclic) bond motifs is 1. The van der Waals surface area contributed by atoms with Gasteiger partial charge in [0.2, 0.25) is 5.91 Å². The van der Waals surface area contributed by atoms with Gasteiger partial charge in [-0.05, 0) is 30.3 Å². The van der Waals surface area contributed by atoms with Gasteiger partial charge in [0.15, 0.2) is 0 Å². The quantitative estimate of drug-likeness (QED) is 0.555. The summed E-state index contributed by atoms with van der Waals surface area (Å²) in [4.78, 5) is 12.4. The van der Waals surface area contributed by atoms with Crippen molar-refractivity contribution in [2.75, 3.05) is 5.32 Å². The van der Waals surface area contributed by atoms with Crippen LogP contribution in [0.5, 0.6) is 0 Å². The van der Waals surface area contributed by atoms with Crippen LogP contribution in [0.1, 0.15) is 5.56 Å². The second kappa shape index (κ2) is 7.20. The first kappa shape index (κ1) is 16.6. The number of anilines is 1. The smallest absolute Gasteiger partial charge is 0.244 e. The van der Waals surface area contributed by atoms with E-state index in [1.807, 2.05) is 35.0 Å². The number of amides is 1. The SMILES string of the molecule is O=C(Cn1cc(C=Nn2cnnc2)c2ccccc21)Nc1ccc(F)cc1. The van der Waals surface area contributed by atoms with Gasteiger partial charge in [0.1, 0.15) is 25.0 Å². The molecule has 0 spiro atoms. The predicted molar refractivity (Wildman–Crippen MR) is 100.0 cm³/mol. The van der Waals surface area contributed by atoms with Crippen LogP contribution in [-0.4, -0.2) is 31.6 Å². The molecule has 134 valence electrons. The third-order valence-corrected chi connectivity index (χ3v) is 4.00. The number of para-hydroxylation sites is 1. The van der Waals surface area contributed by atoms with E-state index in [0.29, 0.717) is 5.69 Å². The minimum Gasteiger partial charge on any atom is -0.337 e. The molecule has 0 saturated carbocycles. The summed E-state index contributed by atoms with van der Waals surface area (Å²) in [6.45, 7) is 0.123. The summed E-state index contributed by atoms with van der Waals surface area (Å²) >= 11 is 0. The summed E-state index contributed by atoms with van der Waals surface area (Å²) in [5, 5.41) is 15.4. The van der Waals surface area contributed by atoms with Crippen molar-refractivity contribution in [1.82, 2.24) is 19.4 Å². The number of nitrogens with zero attached hydrogens (tertiary/aromatic N) is 5. The van der Waals surface area contributed by atoms with E-state index in [-0.39, 0.29) is 18.3 Å². The average molecular weight is 362 g/mol. The van der Waals surface area contributed by atoms with E-state index in [2.05, 4.69) is 20.6 Å². The van der Waals surface area contributed by atoms with Crippen LogP contribution < -0.4 is 5.32 Å². The predicted octanol–water partition coefficient (Wildman–Crippen LogP) is 2.89. The topological polar surface area (TPSA) is 77.1 Å². The fraction of sp³-hybridized carbons (Fsp3) is 0.0526. The van der Waals surface area contributed by atoms with Crippen LogP contribution in [-0.2, 0) is 11.3 Å². The number of hydrogen-bond donors (Lipinski definition) is 1. The standard InChI is InChI=1S/C19H15FN6O/c20-15-5-7-16(8-6-15)24-19(27)11-25-10-14(9-23-26-12-21-22-13-26)17-3-1-2-4-18(17)25/h1-10,12-13H,11H2,(H,24,27). The second-order valence-corrected chi connectivity index (χ2v) is 5.87. The van der Waals surface area contributed by atoms with Gasteiger partial charge in [-0.3, -0.25) is 4.79 Å². The van der Waals surface area contributed by atoms with Crippen molar-refractivity contribution in [3.05, 3.63) is 78.8 Å². The molecule has 4 rings (SSSR count). The van der Waals surface area contributed by atoms with Crippen molar-refractivity contribution in [3.63, 3.8) is 0 Å². The van der Waals surface area contributed by atoms with Crippen molar-refractivity contribution in [2.45, 2.75) is 6.54 Å². The van der Waals surface area contributed by atoms with Crippen LogP contribution in [0.4, 0.5) is 10.1 Å². The Bertz CT molecular complexity index is 1100. The van der Waals surface area contributed by atoms with Crippen LogP contribution in [0.3, 0.4) is 0 Å². The van der Waals surface area contributed by atoms with Gasteiger partial charge < -0.3 is 9.88 Å². The largest absolute Gasteiger partial charge is 0.337 e. The lowest BCUT2D eigenvalue weighted by molar-refractivity contribution is -0.116. The van der Waals surface area contributed by atoms with E-state index >= 15 is 0 Å². The Balaban J connectivity index is 1.58. The van der Waals surface area contributed by atoms with Crippen LogP contribution >= 0.6 is 0 Å². The van der Waals surface area contributed by atoms with Crippen molar-refractivity contribution in [1.29, 1.82) is 0 Å². The number of aromatic nitrogens is 4. The highest BCUT2D eigenvalue weighted by molar-refractivity contribution is 6.00. The lowest BCUT2D eigenvalue weighted by atomic mass is 10.2. The molecule has 0 aliphatic rings. The maximum absolute atomic E-state index is 13.0. The molecule has 0 unspecified atom stereocenters. The summed E-state index contributed by atoms with van der Waals surface area (Å²) in [7, 11) is 0. The number of rotatable bonds is 5. The summed E-state index contributed by atoms with van der Waals surface area (Å²) in [6, 6.07) is 13.4. The Kier molecular flexibility index (Phi) is 4.44. The third kappa shape index (κ3) is 3.74. The highest BCUT2D eigenvalue weighted by Gasteiger charge is 2.10. The number of carbonyl (C=O) groups excluding carboxylic acids is 1. The average Bonchev–Trinajstić information content (AvgIpc) is 3.30. The van der Waals surface area contributed by atoms with Gasteiger partial charge in [-0.15, -0.1) is 10.2 Å². The number of nitrogens with one attached hydrogen (secondary N) is 1. The molecule has 0 aliphatic carbocycles. The number of benzene rings is 2. The van der Waals surface area contributed by atoms with Gasteiger partial charge in [-0.1, -0.05) is 18.2 Å². The van der Waals surface area contributed by atoms with E-state index < -0.39 is 0 Å². The zero-order valence-corrected chi connectivity index (χ0v) is 14.2. The molecule has 0 fully saturated rings. The van der Waals surface area contributed by atoms with Crippen molar-refractivity contribution in [2.24, 2.45) is 5.10 Å². The van der Waals surface area contributed by atoms with E-state index in [9.17, 15) is 9.18 Å². The van der Waals surface area contributed by atoms with Gasteiger partial charge in [0, 0.05) is 28.4 Å². The lowest BCUT2D eigenvalue weighted by Gasteiger charge is -2.07. The third-order valence-electron chi connectivity index (χ3n) is 4.00. The fourth-order valence-electron chi connectivity index (χ4n) is 2.78. The Hall–Kier alpha value is -3.81. The molecule has 0 atom stereocenters. The van der Waals surface area contributed by atoms with Crippen molar-refractivity contribution in [3.8, 4) is 0 Å². The van der Waals surface area contributed by atoms with Gasteiger partial charge >= 0.3 is 0 Å². The lowest BCUT2D eigenvalue weighted by Crippen LogP contribution is -2.18. The maximum Gasteiger partial charge on any atom is 0.244 e. The molecule has 1 amide bonds. The van der Waals surface area contributed by atoms with E-state index in [0.717, 1.165) is 16.5 Å².